The Morgan fingerprint density at radius 2 is 1.96 bits per heavy atom. The van der Waals surface area contributed by atoms with Crippen LogP contribution in [0.5, 0.6) is 0 Å². The minimum Gasteiger partial charge on any atom is -0.390 e. The Morgan fingerprint density at radius 3 is 2.50 bits per heavy atom. The number of aliphatic hydroxyl groups excluding tert-OH is 3. The summed E-state index contributed by atoms with van der Waals surface area (Å²) >= 11 is 0. The van der Waals surface area contributed by atoms with E-state index in [9.17, 15) is 24.7 Å². The number of aromatic nitrogens is 2. The molecule has 0 aromatic carbocycles. The molecule has 1 fully saturated rings. The van der Waals surface area contributed by atoms with Gasteiger partial charge in [-0.05, 0) is 19.9 Å². The third-order valence-corrected chi connectivity index (χ3v) is 5.97. The van der Waals surface area contributed by atoms with Gasteiger partial charge in [0.05, 0.1) is 25.5 Å². The summed E-state index contributed by atoms with van der Waals surface area (Å²) in [5.74, 6) is -0.00904. The first-order valence-electron chi connectivity index (χ1n) is 8.15. The third-order valence-electron chi connectivity index (χ3n) is 3.84. The Bertz CT molecular complexity index is 704. The predicted octanol–water partition coefficient (Wildman–Crippen LogP) is -0.928. The van der Waals surface area contributed by atoms with E-state index in [4.69, 9.17) is 19.5 Å². The number of nitrogens with zero attached hydrogens (tertiary/aromatic N) is 2. The van der Waals surface area contributed by atoms with Crippen molar-refractivity contribution in [3.63, 3.8) is 0 Å². The quantitative estimate of drug-likeness (QED) is 0.405. The van der Waals surface area contributed by atoms with E-state index in [-0.39, 0.29) is 19.0 Å². The lowest BCUT2D eigenvalue weighted by atomic mass is 10.1. The molecule has 11 nitrogen and oxygen atoms in total. The number of aliphatic hydroxyl groups is 3. The van der Waals surface area contributed by atoms with Gasteiger partial charge in [0.15, 0.2) is 6.23 Å². The van der Waals surface area contributed by atoms with Gasteiger partial charge in [0, 0.05) is 6.20 Å². The molecule has 0 amide bonds. The van der Waals surface area contributed by atoms with E-state index >= 15 is 0 Å². The molecule has 2 rings (SSSR count). The third kappa shape index (κ3) is 4.49. The fraction of sp³-hybridized carbons (Fsp3) is 0.714. The number of nitrogen functional groups attached to an aromatic ring is 1. The van der Waals surface area contributed by atoms with Crippen molar-refractivity contribution in [2.45, 2.75) is 44.5 Å². The zero-order chi connectivity index (χ0) is 19.5. The number of anilines is 1. The lowest BCUT2D eigenvalue weighted by Gasteiger charge is -2.25. The van der Waals surface area contributed by atoms with Crippen molar-refractivity contribution >= 4 is 13.4 Å². The molecule has 0 unspecified atom stereocenters. The molecule has 1 aliphatic rings. The number of hydrogen-bond donors (Lipinski definition) is 4. The first-order chi connectivity index (χ1) is 12.2. The van der Waals surface area contributed by atoms with Crippen LogP contribution in [0.25, 0.3) is 0 Å². The van der Waals surface area contributed by atoms with Crippen molar-refractivity contribution in [3.05, 3.63) is 22.7 Å². The Labute approximate surface area is 149 Å². The van der Waals surface area contributed by atoms with Gasteiger partial charge in [-0.1, -0.05) is 0 Å². The van der Waals surface area contributed by atoms with Crippen LogP contribution in [0.15, 0.2) is 17.1 Å². The number of hydrogen-bond acceptors (Lipinski definition) is 10. The van der Waals surface area contributed by atoms with Crippen LogP contribution in [0.4, 0.5) is 5.82 Å². The molecule has 1 aromatic heterocycles. The largest absolute Gasteiger partial charge is 0.390 e. The minimum absolute atomic E-state index is 0.00904. The molecule has 5 N–H and O–H groups in total. The van der Waals surface area contributed by atoms with Gasteiger partial charge in [-0.25, -0.2) is 4.79 Å². The van der Waals surface area contributed by atoms with Gasteiger partial charge < -0.3 is 34.8 Å². The highest BCUT2D eigenvalue weighted by Crippen LogP contribution is 2.49. The molecular formula is C14H24N3O8P. The first-order valence-corrected chi connectivity index (χ1v) is 9.87. The number of rotatable bonds is 8. The maximum Gasteiger partial charge on any atom is 0.351 e. The topological polar surface area (TPSA) is 166 Å². The maximum atomic E-state index is 12.5. The lowest BCUT2D eigenvalue weighted by Crippen LogP contribution is -2.40. The van der Waals surface area contributed by atoms with E-state index in [1.54, 1.807) is 13.8 Å². The number of nitrogens with two attached hydrogens (primary N) is 1. The SMILES string of the molecule is CCOP(=O)(C[C@@H](O)[C@H]1O[C@@H](n2ccc(N)nc2=O)[C@@H](O)[C@@H]1O)OCC. The van der Waals surface area contributed by atoms with Crippen LogP contribution in [0.2, 0.25) is 0 Å². The summed E-state index contributed by atoms with van der Waals surface area (Å²) in [5, 5.41) is 30.7. The number of ether oxygens (including phenoxy) is 1. The Balaban J connectivity index is 2.18. The van der Waals surface area contributed by atoms with Gasteiger partial charge in [0.2, 0.25) is 0 Å². The van der Waals surface area contributed by atoms with Gasteiger partial charge in [0.1, 0.15) is 24.1 Å². The van der Waals surface area contributed by atoms with Gasteiger partial charge in [-0.2, -0.15) is 4.98 Å². The molecule has 0 aliphatic carbocycles. The van der Waals surface area contributed by atoms with Crippen LogP contribution in [-0.2, 0) is 18.3 Å². The van der Waals surface area contributed by atoms with Crippen molar-refractivity contribution in [1.29, 1.82) is 0 Å². The summed E-state index contributed by atoms with van der Waals surface area (Å²) in [4.78, 5) is 15.4. The van der Waals surface area contributed by atoms with Crippen LogP contribution in [0.3, 0.4) is 0 Å². The fourth-order valence-electron chi connectivity index (χ4n) is 2.72. The molecule has 0 bridgehead atoms. The van der Waals surface area contributed by atoms with Crippen molar-refractivity contribution in [2.75, 3.05) is 25.1 Å². The Hall–Kier alpha value is -1.33. The maximum absolute atomic E-state index is 12.5. The summed E-state index contributed by atoms with van der Waals surface area (Å²) in [7, 11) is -3.60. The summed E-state index contributed by atoms with van der Waals surface area (Å²) in [5.41, 5.74) is 4.63. The molecule has 1 aliphatic heterocycles. The average Bonchev–Trinajstić information content (AvgIpc) is 2.84. The molecule has 5 atom stereocenters. The molecule has 1 saturated heterocycles. The highest BCUT2D eigenvalue weighted by Gasteiger charge is 2.48. The van der Waals surface area contributed by atoms with E-state index in [0.717, 1.165) is 4.57 Å². The van der Waals surface area contributed by atoms with Crippen molar-refractivity contribution in [2.24, 2.45) is 0 Å². The average molecular weight is 393 g/mol. The second kappa shape index (κ2) is 8.57. The van der Waals surface area contributed by atoms with Gasteiger partial charge in [-0.3, -0.25) is 9.13 Å². The summed E-state index contributed by atoms with van der Waals surface area (Å²) in [6, 6.07) is 1.33. The molecule has 2 heterocycles. The Kier molecular flexibility index (Phi) is 6.92. The zero-order valence-corrected chi connectivity index (χ0v) is 15.4. The molecular weight excluding hydrogens is 369 g/mol. The van der Waals surface area contributed by atoms with Crippen LogP contribution < -0.4 is 11.4 Å². The highest BCUT2D eigenvalue weighted by molar-refractivity contribution is 7.53. The van der Waals surface area contributed by atoms with Gasteiger partial charge in [-0.15, -0.1) is 0 Å². The van der Waals surface area contributed by atoms with E-state index < -0.39 is 50.1 Å². The molecule has 148 valence electrons. The van der Waals surface area contributed by atoms with Crippen LogP contribution in [-0.4, -0.2) is 68.7 Å². The predicted molar refractivity (Wildman–Crippen MR) is 90.6 cm³/mol. The summed E-state index contributed by atoms with van der Waals surface area (Å²) in [6.07, 6.45) is -6.30. The minimum atomic E-state index is -3.60. The van der Waals surface area contributed by atoms with Crippen LogP contribution >= 0.6 is 7.60 Å². The fourth-order valence-corrected chi connectivity index (χ4v) is 4.46. The lowest BCUT2D eigenvalue weighted by molar-refractivity contribution is -0.0805. The Morgan fingerprint density at radius 1 is 1.35 bits per heavy atom. The van der Waals surface area contributed by atoms with Crippen molar-refractivity contribution in [3.8, 4) is 0 Å². The smallest absolute Gasteiger partial charge is 0.351 e. The summed E-state index contributed by atoms with van der Waals surface area (Å²) in [6.45, 7) is 3.46. The van der Waals surface area contributed by atoms with E-state index in [1.807, 2.05) is 0 Å². The van der Waals surface area contributed by atoms with E-state index in [2.05, 4.69) is 4.98 Å². The van der Waals surface area contributed by atoms with Gasteiger partial charge in [0.25, 0.3) is 0 Å². The zero-order valence-electron chi connectivity index (χ0n) is 14.5. The normalized spacial score (nSPS) is 27.6. The highest BCUT2D eigenvalue weighted by atomic mass is 31.2. The molecule has 12 heteroatoms. The van der Waals surface area contributed by atoms with Crippen molar-refractivity contribution < 1.29 is 33.7 Å². The molecule has 0 saturated carbocycles. The second-order valence-electron chi connectivity index (χ2n) is 5.71. The molecule has 1 aromatic rings. The standard InChI is InChI=1S/C14H24N3O8P/c1-3-23-26(22,24-4-2)7-8(18)12-10(19)11(20)13(25-12)17-6-5-9(15)16-14(17)21/h5-6,8,10-13,18-20H,3-4,7H2,1-2H3,(H2,15,16,21)/t8-,10+,11+,12-,13-/m1/s1. The first kappa shape index (κ1) is 21.0. The van der Waals surface area contributed by atoms with E-state index in [0.29, 0.717) is 0 Å². The molecule has 26 heavy (non-hydrogen) atoms. The van der Waals surface area contributed by atoms with Gasteiger partial charge >= 0.3 is 13.3 Å². The van der Waals surface area contributed by atoms with Crippen LogP contribution in [0, 0.1) is 0 Å². The monoisotopic (exact) mass is 393 g/mol. The van der Waals surface area contributed by atoms with Crippen molar-refractivity contribution in [1.82, 2.24) is 9.55 Å². The second-order valence-corrected chi connectivity index (χ2v) is 7.81. The molecule has 0 radical (unpaired) electrons. The molecule has 0 spiro atoms. The summed E-state index contributed by atoms with van der Waals surface area (Å²) < 4.78 is 29.1. The van der Waals surface area contributed by atoms with E-state index in [1.165, 1.54) is 12.3 Å². The van der Waals surface area contributed by atoms with Crippen LogP contribution in [0.1, 0.15) is 20.1 Å².